The fourth-order valence-electron chi connectivity index (χ4n) is 3.93. The molecular weight excluding hydrogens is 412 g/mol. The Morgan fingerprint density at radius 1 is 0.812 bits per heavy atom. The average molecular weight is 436 g/mol. The highest BCUT2D eigenvalue weighted by molar-refractivity contribution is 5.92. The second-order valence-corrected chi connectivity index (χ2v) is 7.75. The van der Waals surface area contributed by atoms with E-state index in [2.05, 4.69) is 0 Å². The number of hydrogen-bond donors (Lipinski definition) is 0. The lowest BCUT2D eigenvalue weighted by Crippen LogP contribution is -2.54. The van der Waals surface area contributed by atoms with Crippen LogP contribution in [0.5, 0.6) is 23.0 Å². The Labute approximate surface area is 185 Å². The van der Waals surface area contributed by atoms with Gasteiger partial charge in [0.2, 0.25) is 12.0 Å². The first-order chi connectivity index (χ1) is 15.7. The van der Waals surface area contributed by atoms with E-state index in [0.29, 0.717) is 56.6 Å². The largest absolute Gasteiger partial charge is 0.486 e. The molecule has 2 amide bonds. The van der Waals surface area contributed by atoms with E-state index in [4.69, 9.17) is 18.9 Å². The van der Waals surface area contributed by atoms with Crippen molar-refractivity contribution < 1.29 is 28.5 Å². The van der Waals surface area contributed by atoms with Crippen LogP contribution in [0.1, 0.15) is 5.56 Å². The van der Waals surface area contributed by atoms with Gasteiger partial charge in [0.15, 0.2) is 23.0 Å². The molecule has 1 fully saturated rings. The Morgan fingerprint density at radius 3 is 2.31 bits per heavy atom. The molecule has 1 atom stereocenters. The van der Waals surface area contributed by atoms with Gasteiger partial charge in [-0.2, -0.15) is 0 Å². The summed E-state index contributed by atoms with van der Waals surface area (Å²) in [4.78, 5) is 28.9. The van der Waals surface area contributed by atoms with Crippen molar-refractivity contribution in [2.24, 2.45) is 0 Å². The molecular formula is C24H24N2O6. The van der Waals surface area contributed by atoms with Crippen molar-refractivity contribution in [2.75, 3.05) is 46.0 Å². The summed E-state index contributed by atoms with van der Waals surface area (Å²) in [5, 5.41) is 0. The molecule has 3 aliphatic rings. The number of carbonyl (C=O) groups excluding carboxylic acids is 2. The lowest BCUT2D eigenvalue weighted by molar-refractivity contribution is -0.145. The van der Waals surface area contributed by atoms with Crippen molar-refractivity contribution >= 4 is 17.9 Å². The zero-order valence-corrected chi connectivity index (χ0v) is 17.6. The van der Waals surface area contributed by atoms with Crippen LogP contribution in [0.15, 0.2) is 48.5 Å². The van der Waals surface area contributed by atoms with Crippen LogP contribution in [-0.2, 0) is 9.59 Å². The normalized spacial score (nSPS) is 19.7. The predicted octanol–water partition coefficient (Wildman–Crippen LogP) is 1.98. The number of ether oxygens (including phenoxy) is 4. The minimum absolute atomic E-state index is 0.0850. The van der Waals surface area contributed by atoms with Crippen molar-refractivity contribution in [3.8, 4) is 23.0 Å². The summed E-state index contributed by atoms with van der Waals surface area (Å²) in [6, 6.07) is 12.9. The molecule has 3 aliphatic heterocycles. The summed E-state index contributed by atoms with van der Waals surface area (Å²) >= 11 is 0. The zero-order valence-electron chi connectivity index (χ0n) is 17.6. The summed E-state index contributed by atoms with van der Waals surface area (Å²) < 4.78 is 22.6. The van der Waals surface area contributed by atoms with E-state index in [0.717, 1.165) is 11.3 Å². The first kappa shape index (κ1) is 20.2. The summed E-state index contributed by atoms with van der Waals surface area (Å²) in [6.07, 6.45) is 2.66. The molecule has 0 saturated carbocycles. The van der Waals surface area contributed by atoms with Gasteiger partial charge < -0.3 is 28.7 Å². The third-order valence-electron chi connectivity index (χ3n) is 5.67. The number of amides is 2. The van der Waals surface area contributed by atoms with E-state index in [1.165, 1.54) is 0 Å². The molecule has 0 aromatic heterocycles. The number of fused-ring (bicyclic) bond motifs is 2. The highest BCUT2D eigenvalue weighted by Gasteiger charge is 2.33. The fraction of sp³-hybridized carbons (Fsp3) is 0.333. The second kappa shape index (κ2) is 8.82. The predicted molar refractivity (Wildman–Crippen MR) is 116 cm³/mol. The van der Waals surface area contributed by atoms with Crippen LogP contribution in [0.4, 0.5) is 0 Å². The van der Waals surface area contributed by atoms with Crippen molar-refractivity contribution in [2.45, 2.75) is 6.10 Å². The average Bonchev–Trinajstić information content (AvgIpc) is 2.86. The van der Waals surface area contributed by atoms with Crippen molar-refractivity contribution in [1.82, 2.24) is 9.80 Å². The molecule has 1 saturated heterocycles. The molecule has 1 unspecified atom stereocenters. The molecule has 0 bridgehead atoms. The van der Waals surface area contributed by atoms with Crippen LogP contribution < -0.4 is 18.9 Å². The SMILES string of the molecule is O=C(C=Cc1ccc2c(c1)OCCO2)N1CCN(C(=O)C2COc3ccccc3O2)CC1. The van der Waals surface area contributed by atoms with Gasteiger partial charge in [-0.05, 0) is 35.9 Å². The minimum Gasteiger partial charge on any atom is -0.486 e. The van der Waals surface area contributed by atoms with Gasteiger partial charge in [0.1, 0.15) is 19.8 Å². The highest BCUT2D eigenvalue weighted by Crippen LogP contribution is 2.32. The molecule has 2 aromatic carbocycles. The molecule has 0 aliphatic carbocycles. The number of rotatable bonds is 3. The Kier molecular flexibility index (Phi) is 5.58. The second-order valence-electron chi connectivity index (χ2n) is 7.75. The molecule has 8 nitrogen and oxygen atoms in total. The van der Waals surface area contributed by atoms with Gasteiger partial charge >= 0.3 is 0 Å². The summed E-state index contributed by atoms with van der Waals surface area (Å²) in [5.74, 6) is 2.44. The molecule has 0 N–H and O–H groups in total. The number of hydrogen-bond acceptors (Lipinski definition) is 6. The fourth-order valence-corrected chi connectivity index (χ4v) is 3.93. The number of para-hydroxylation sites is 2. The van der Waals surface area contributed by atoms with Gasteiger partial charge in [0, 0.05) is 32.3 Å². The van der Waals surface area contributed by atoms with Crippen molar-refractivity contribution in [1.29, 1.82) is 0 Å². The molecule has 2 aromatic rings. The number of carbonyl (C=O) groups is 2. The van der Waals surface area contributed by atoms with Crippen molar-refractivity contribution in [3.05, 3.63) is 54.1 Å². The van der Waals surface area contributed by atoms with Crippen molar-refractivity contribution in [3.63, 3.8) is 0 Å². The molecule has 166 valence electrons. The number of nitrogens with zero attached hydrogens (tertiary/aromatic N) is 2. The first-order valence-electron chi connectivity index (χ1n) is 10.7. The summed E-state index contributed by atoms with van der Waals surface area (Å²) in [6.45, 7) is 3.12. The highest BCUT2D eigenvalue weighted by atomic mass is 16.6. The van der Waals surface area contributed by atoms with E-state index in [9.17, 15) is 9.59 Å². The monoisotopic (exact) mass is 436 g/mol. The first-order valence-corrected chi connectivity index (χ1v) is 10.7. The van der Waals surface area contributed by atoms with Crippen LogP contribution in [0, 0.1) is 0 Å². The third-order valence-corrected chi connectivity index (χ3v) is 5.67. The van der Waals surface area contributed by atoms with E-state index in [1.54, 1.807) is 28.0 Å². The Hall–Kier alpha value is -3.68. The van der Waals surface area contributed by atoms with Gasteiger partial charge in [0.25, 0.3) is 5.91 Å². The number of benzene rings is 2. The molecule has 3 heterocycles. The lowest BCUT2D eigenvalue weighted by atomic mass is 10.1. The van der Waals surface area contributed by atoms with Crippen LogP contribution in [0.3, 0.4) is 0 Å². The number of piperazine rings is 1. The van der Waals surface area contributed by atoms with Crippen LogP contribution in [0.2, 0.25) is 0 Å². The van der Waals surface area contributed by atoms with Crippen LogP contribution in [-0.4, -0.2) is 73.7 Å². The standard InChI is InChI=1S/C24H24N2O6/c27-23(8-6-17-5-7-19-21(15-17)30-14-13-29-19)25-9-11-26(12-10-25)24(28)22-16-31-18-3-1-2-4-20(18)32-22/h1-8,15,22H,9-14,16H2. The smallest absolute Gasteiger partial charge is 0.267 e. The van der Waals surface area contributed by atoms with Gasteiger partial charge in [-0.1, -0.05) is 18.2 Å². The summed E-state index contributed by atoms with van der Waals surface area (Å²) in [7, 11) is 0. The molecule has 32 heavy (non-hydrogen) atoms. The molecule has 8 heteroatoms. The van der Waals surface area contributed by atoms with E-state index in [-0.39, 0.29) is 18.4 Å². The topological polar surface area (TPSA) is 77.5 Å². The van der Waals surface area contributed by atoms with Gasteiger partial charge in [-0.25, -0.2) is 0 Å². The van der Waals surface area contributed by atoms with E-state index in [1.807, 2.05) is 36.4 Å². The van der Waals surface area contributed by atoms with Crippen LogP contribution in [0.25, 0.3) is 6.08 Å². The maximum Gasteiger partial charge on any atom is 0.267 e. The maximum absolute atomic E-state index is 12.8. The molecule has 5 rings (SSSR count). The quantitative estimate of drug-likeness (QED) is 0.685. The Bertz CT molecular complexity index is 1040. The lowest BCUT2D eigenvalue weighted by Gasteiger charge is -2.36. The zero-order chi connectivity index (χ0) is 21.9. The third kappa shape index (κ3) is 4.21. The van der Waals surface area contributed by atoms with Crippen LogP contribution >= 0.6 is 0 Å². The van der Waals surface area contributed by atoms with Gasteiger partial charge in [-0.15, -0.1) is 0 Å². The van der Waals surface area contributed by atoms with Gasteiger partial charge in [-0.3, -0.25) is 9.59 Å². The minimum atomic E-state index is -0.665. The van der Waals surface area contributed by atoms with Gasteiger partial charge in [0.05, 0.1) is 0 Å². The van der Waals surface area contributed by atoms with E-state index < -0.39 is 6.10 Å². The molecule has 0 radical (unpaired) electrons. The summed E-state index contributed by atoms with van der Waals surface area (Å²) in [5.41, 5.74) is 0.867. The maximum atomic E-state index is 12.8. The Morgan fingerprint density at radius 2 is 1.50 bits per heavy atom. The molecule has 0 spiro atoms. The Balaban J connectivity index is 1.14. The van der Waals surface area contributed by atoms with E-state index >= 15 is 0 Å².